The number of allylic oxidation sites excluding steroid dienone is 1. The molecular weight excluding hydrogens is 309 g/mol. The Bertz CT molecular complexity index is 358. The summed E-state index contributed by atoms with van der Waals surface area (Å²) in [5, 5.41) is 0. The van der Waals surface area contributed by atoms with E-state index in [1.165, 1.54) is 24.0 Å². The molecule has 0 spiro atoms. The SMILES string of the molecule is C=CC(I)c1ccc(CC2CC2CN)cc1. The van der Waals surface area contributed by atoms with Gasteiger partial charge in [-0.15, -0.1) is 6.58 Å². The molecule has 1 saturated carbocycles. The molecule has 1 nitrogen and oxygen atoms in total. The minimum absolute atomic E-state index is 0.421. The molecule has 0 aromatic heterocycles. The molecule has 0 radical (unpaired) electrons. The van der Waals surface area contributed by atoms with Gasteiger partial charge in [0.15, 0.2) is 0 Å². The van der Waals surface area contributed by atoms with Gasteiger partial charge in [0.2, 0.25) is 0 Å². The average Bonchev–Trinajstić information content (AvgIpc) is 3.07. The Labute approximate surface area is 111 Å². The minimum Gasteiger partial charge on any atom is -0.330 e. The maximum Gasteiger partial charge on any atom is 0.0536 e. The van der Waals surface area contributed by atoms with Crippen LogP contribution in [0.3, 0.4) is 0 Å². The van der Waals surface area contributed by atoms with E-state index in [0.29, 0.717) is 3.92 Å². The van der Waals surface area contributed by atoms with Crippen LogP contribution in [0.5, 0.6) is 0 Å². The summed E-state index contributed by atoms with van der Waals surface area (Å²) in [7, 11) is 0. The van der Waals surface area contributed by atoms with Crippen LogP contribution < -0.4 is 5.73 Å². The third-order valence-electron chi connectivity index (χ3n) is 3.37. The highest BCUT2D eigenvalue weighted by Gasteiger charge is 2.35. The lowest BCUT2D eigenvalue weighted by molar-refractivity contribution is 0.704. The fraction of sp³-hybridized carbons (Fsp3) is 0.429. The van der Waals surface area contributed by atoms with Crippen molar-refractivity contribution < 1.29 is 0 Å². The lowest BCUT2D eigenvalue weighted by atomic mass is 10.0. The fourth-order valence-electron chi connectivity index (χ4n) is 2.13. The summed E-state index contributed by atoms with van der Waals surface area (Å²) in [6, 6.07) is 8.93. The Morgan fingerprint density at radius 2 is 2.06 bits per heavy atom. The molecule has 0 saturated heterocycles. The van der Waals surface area contributed by atoms with E-state index in [0.717, 1.165) is 18.4 Å². The van der Waals surface area contributed by atoms with E-state index in [2.05, 4.69) is 53.4 Å². The van der Waals surface area contributed by atoms with Gasteiger partial charge in [-0.1, -0.05) is 52.9 Å². The molecule has 0 bridgehead atoms. The van der Waals surface area contributed by atoms with Crippen molar-refractivity contribution in [3.63, 3.8) is 0 Å². The van der Waals surface area contributed by atoms with E-state index in [4.69, 9.17) is 5.73 Å². The van der Waals surface area contributed by atoms with Crippen molar-refractivity contribution in [1.82, 2.24) is 0 Å². The van der Waals surface area contributed by atoms with Crippen molar-refractivity contribution >= 4 is 22.6 Å². The molecular formula is C14H18IN. The Hall–Kier alpha value is -0.350. The summed E-state index contributed by atoms with van der Waals surface area (Å²) in [6.07, 6.45) is 4.49. The van der Waals surface area contributed by atoms with Crippen LogP contribution in [0.2, 0.25) is 0 Å². The third-order valence-corrected chi connectivity index (χ3v) is 4.60. The number of rotatable bonds is 5. The summed E-state index contributed by atoms with van der Waals surface area (Å²) in [5.41, 5.74) is 8.43. The average molecular weight is 327 g/mol. The van der Waals surface area contributed by atoms with Crippen LogP contribution in [-0.2, 0) is 6.42 Å². The van der Waals surface area contributed by atoms with Crippen LogP contribution >= 0.6 is 22.6 Å². The summed E-state index contributed by atoms with van der Waals surface area (Å²) in [4.78, 5) is 0. The molecule has 2 rings (SSSR count). The first-order valence-electron chi connectivity index (χ1n) is 5.80. The lowest BCUT2D eigenvalue weighted by Crippen LogP contribution is -2.03. The molecule has 0 amide bonds. The van der Waals surface area contributed by atoms with Crippen molar-refractivity contribution in [2.45, 2.75) is 16.8 Å². The molecule has 2 heteroatoms. The van der Waals surface area contributed by atoms with Gasteiger partial charge >= 0.3 is 0 Å². The van der Waals surface area contributed by atoms with Crippen LogP contribution in [0.4, 0.5) is 0 Å². The molecule has 3 unspecified atom stereocenters. The van der Waals surface area contributed by atoms with Crippen LogP contribution in [0.15, 0.2) is 36.9 Å². The van der Waals surface area contributed by atoms with Crippen molar-refractivity contribution in [1.29, 1.82) is 0 Å². The Morgan fingerprint density at radius 1 is 1.38 bits per heavy atom. The van der Waals surface area contributed by atoms with Crippen molar-refractivity contribution in [3.05, 3.63) is 48.0 Å². The molecule has 2 N–H and O–H groups in total. The third kappa shape index (κ3) is 2.86. The second kappa shape index (κ2) is 5.32. The zero-order valence-corrected chi connectivity index (χ0v) is 11.6. The maximum atomic E-state index is 5.65. The topological polar surface area (TPSA) is 26.0 Å². The van der Waals surface area contributed by atoms with Gasteiger partial charge < -0.3 is 5.73 Å². The van der Waals surface area contributed by atoms with Crippen LogP contribution in [-0.4, -0.2) is 6.54 Å². The molecule has 0 aliphatic heterocycles. The quantitative estimate of drug-likeness (QED) is 0.500. The highest BCUT2D eigenvalue weighted by molar-refractivity contribution is 14.1. The minimum atomic E-state index is 0.421. The number of nitrogens with two attached hydrogens (primary N) is 1. The van der Waals surface area contributed by atoms with E-state index in [9.17, 15) is 0 Å². The van der Waals surface area contributed by atoms with Crippen LogP contribution in [0.1, 0.15) is 21.5 Å². The Morgan fingerprint density at radius 3 is 2.56 bits per heavy atom. The van der Waals surface area contributed by atoms with Crippen molar-refractivity contribution in [2.75, 3.05) is 6.54 Å². The predicted octanol–water partition coefficient (Wildman–Crippen LogP) is 3.49. The number of hydrogen-bond acceptors (Lipinski definition) is 1. The van der Waals surface area contributed by atoms with Gasteiger partial charge in [0, 0.05) is 0 Å². The first-order valence-corrected chi connectivity index (χ1v) is 7.04. The number of alkyl halides is 1. The number of benzene rings is 1. The van der Waals surface area contributed by atoms with E-state index in [-0.39, 0.29) is 0 Å². The first kappa shape index (κ1) is 12.1. The van der Waals surface area contributed by atoms with Crippen LogP contribution in [0, 0.1) is 11.8 Å². The molecule has 1 aromatic rings. The molecule has 1 aromatic carbocycles. The first-order chi connectivity index (χ1) is 7.74. The zero-order chi connectivity index (χ0) is 11.5. The predicted molar refractivity (Wildman–Crippen MR) is 77.8 cm³/mol. The fourth-order valence-corrected chi connectivity index (χ4v) is 2.54. The molecule has 0 heterocycles. The zero-order valence-electron chi connectivity index (χ0n) is 9.40. The van der Waals surface area contributed by atoms with Crippen molar-refractivity contribution in [2.24, 2.45) is 17.6 Å². The van der Waals surface area contributed by atoms with E-state index < -0.39 is 0 Å². The molecule has 3 atom stereocenters. The Balaban J connectivity index is 1.95. The number of hydrogen-bond donors (Lipinski definition) is 1. The second-order valence-corrected chi connectivity index (χ2v) is 5.92. The maximum absolute atomic E-state index is 5.65. The highest BCUT2D eigenvalue weighted by Crippen LogP contribution is 2.40. The van der Waals surface area contributed by atoms with Gasteiger partial charge in [0.1, 0.15) is 0 Å². The van der Waals surface area contributed by atoms with E-state index in [1.807, 2.05) is 6.08 Å². The van der Waals surface area contributed by atoms with Gasteiger partial charge in [-0.25, -0.2) is 0 Å². The normalized spacial score (nSPS) is 25.1. The van der Waals surface area contributed by atoms with Gasteiger partial charge in [-0.05, 0) is 42.3 Å². The summed E-state index contributed by atoms with van der Waals surface area (Å²) < 4.78 is 0.421. The van der Waals surface area contributed by atoms with Crippen LogP contribution in [0.25, 0.3) is 0 Å². The smallest absolute Gasteiger partial charge is 0.0536 e. The molecule has 1 fully saturated rings. The molecule has 16 heavy (non-hydrogen) atoms. The van der Waals surface area contributed by atoms with Gasteiger partial charge in [0.05, 0.1) is 3.92 Å². The monoisotopic (exact) mass is 327 g/mol. The van der Waals surface area contributed by atoms with Gasteiger partial charge in [0.25, 0.3) is 0 Å². The molecule has 1 aliphatic carbocycles. The van der Waals surface area contributed by atoms with E-state index >= 15 is 0 Å². The molecule has 86 valence electrons. The highest BCUT2D eigenvalue weighted by atomic mass is 127. The summed E-state index contributed by atoms with van der Waals surface area (Å²) >= 11 is 2.40. The van der Waals surface area contributed by atoms with E-state index in [1.54, 1.807) is 0 Å². The standard InChI is InChI=1S/C14H18IN/c1-2-14(15)11-5-3-10(4-6-11)7-12-8-13(12)9-16/h2-6,12-14H,1,7-9,16H2. The van der Waals surface area contributed by atoms with Gasteiger partial charge in [-0.2, -0.15) is 0 Å². The second-order valence-electron chi connectivity index (χ2n) is 4.57. The summed E-state index contributed by atoms with van der Waals surface area (Å²) in [5.74, 6) is 1.62. The van der Waals surface area contributed by atoms with Gasteiger partial charge in [-0.3, -0.25) is 0 Å². The molecule has 1 aliphatic rings. The lowest BCUT2D eigenvalue weighted by Gasteiger charge is -2.06. The summed E-state index contributed by atoms with van der Waals surface area (Å²) in [6.45, 7) is 4.67. The number of halogens is 1. The largest absolute Gasteiger partial charge is 0.330 e. The van der Waals surface area contributed by atoms with Crippen molar-refractivity contribution in [3.8, 4) is 0 Å². The Kier molecular flexibility index (Phi) is 4.03.